The van der Waals surface area contributed by atoms with E-state index >= 15 is 0 Å². The highest BCUT2D eigenvalue weighted by Gasteiger charge is 2.21. The Kier molecular flexibility index (Phi) is 4.81. The highest BCUT2D eigenvalue weighted by molar-refractivity contribution is 5.08. The molecule has 2 rings (SSSR count). The Bertz CT molecular complexity index is 364. The van der Waals surface area contributed by atoms with Crippen LogP contribution in [0.3, 0.4) is 0 Å². The van der Waals surface area contributed by atoms with Crippen molar-refractivity contribution >= 4 is 0 Å². The number of aromatic nitrogens is 2. The highest BCUT2D eigenvalue weighted by Crippen LogP contribution is 2.27. The Morgan fingerprint density at radius 1 is 1.39 bits per heavy atom. The first-order valence-electron chi connectivity index (χ1n) is 7.43. The molecule has 1 N–H and O–H groups in total. The summed E-state index contributed by atoms with van der Waals surface area (Å²) in [5, 5.41) is 8.15. The summed E-state index contributed by atoms with van der Waals surface area (Å²) >= 11 is 0. The summed E-state index contributed by atoms with van der Waals surface area (Å²) in [7, 11) is 2.03. The Balaban J connectivity index is 1.88. The van der Waals surface area contributed by atoms with Crippen molar-refractivity contribution in [3.63, 3.8) is 0 Å². The van der Waals surface area contributed by atoms with Crippen LogP contribution in [0.4, 0.5) is 0 Å². The quantitative estimate of drug-likeness (QED) is 0.868. The number of aryl methyl sites for hydroxylation is 2. The molecule has 0 spiro atoms. The van der Waals surface area contributed by atoms with Crippen molar-refractivity contribution in [2.75, 3.05) is 0 Å². The first-order chi connectivity index (χ1) is 8.70. The van der Waals surface area contributed by atoms with Crippen LogP contribution in [0.15, 0.2) is 6.07 Å². The van der Waals surface area contributed by atoms with E-state index in [1.807, 2.05) is 11.7 Å². The molecule has 1 saturated carbocycles. The normalized spacial score (nSPS) is 19.1. The Morgan fingerprint density at radius 3 is 2.67 bits per heavy atom. The van der Waals surface area contributed by atoms with Gasteiger partial charge in [0.1, 0.15) is 0 Å². The molecule has 102 valence electrons. The number of rotatable bonds is 5. The van der Waals surface area contributed by atoms with Crippen molar-refractivity contribution in [2.45, 2.75) is 65.0 Å². The molecule has 3 nitrogen and oxygen atoms in total. The minimum atomic E-state index is 0.681. The topological polar surface area (TPSA) is 29.9 Å². The van der Waals surface area contributed by atoms with Crippen molar-refractivity contribution in [2.24, 2.45) is 13.0 Å². The van der Waals surface area contributed by atoms with E-state index in [4.69, 9.17) is 0 Å². The molecule has 0 bridgehead atoms. The average molecular weight is 249 g/mol. The minimum Gasteiger partial charge on any atom is -0.308 e. The van der Waals surface area contributed by atoms with Crippen molar-refractivity contribution in [3.8, 4) is 0 Å². The summed E-state index contributed by atoms with van der Waals surface area (Å²) in [6, 6.07) is 2.86. The zero-order valence-corrected chi connectivity index (χ0v) is 12.1. The molecule has 1 aromatic rings. The molecule has 0 radical (unpaired) electrons. The van der Waals surface area contributed by atoms with Gasteiger partial charge in [0.05, 0.1) is 11.4 Å². The van der Waals surface area contributed by atoms with Gasteiger partial charge >= 0.3 is 0 Å². The molecule has 0 aliphatic heterocycles. The van der Waals surface area contributed by atoms with Crippen LogP contribution >= 0.6 is 0 Å². The van der Waals surface area contributed by atoms with Gasteiger partial charge in [0.25, 0.3) is 0 Å². The third-order valence-corrected chi connectivity index (χ3v) is 4.30. The summed E-state index contributed by atoms with van der Waals surface area (Å²) in [5.74, 6) is 0.887. The molecule has 1 unspecified atom stereocenters. The molecule has 0 amide bonds. The van der Waals surface area contributed by atoms with E-state index in [1.54, 1.807) is 0 Å². The van der Waals surface area contributed by atoms with Crippen LogP contribution in [0.25, 0.3) is 0 Å². The molecule has 1 fully saturated rings. The van der Waals surface area contributed by atoms with Crippen molar-refractivity contribution < 1.29 is 0 Å². The monoisotopic (exact) mass is 249 g/mol. The van der Waals surface area contributed by atoms with Crippen LogP contribution in [0.5, 0.6) is 0 Å². The molecule has 1 heterocycles. The first-order valence-corrected chi connectivity index (χ1v) is 7.43. The molecule has 1 atom stereocenters. The molecule has 1 aliphatic carbocycles. The molecular weight excluding hydrogens is 222 g/mol. The SMILES string of the molecule is CCC(NCc1cc(C)nn1C)C1CCCCC1. The highest BCUT2D eigenvalue weighted by atomic mass is 15.3. The van der Waals surface area contributed by atoms with Crippen LogP contribution in [0.1, 0.15) is 56.8 Å². The molecule has 18 heavy (non-hydrogen) atoms. The summed E-state index contributed by atoms with van der Waals surface area (Å²) in [4.78, 5) is 0. The number of nitrogens with one attached hydrogen (secondary N) is 1. The van der Waals surface area contributed by atoms with Gasteiger partial charge in [0, 0.05) is 19.6 Å². The van der Waals surface area contributed by atoms with Crippen LogP contribution in [0, 0.1) is 12.8 Å². The Hall–Kier alpha value is -0.830. The predicted octanol–water partition coefficient (Wildman–Crippen LogP) is 3.18. The Morgan fingerprint density at radius 2 is 2.11 bits per heavy atom. The van der Waals surface area contributed by atoms with Crippen LogP contribution in [-0.2, 0) is 13.6 Å². The lowest BCUT2D eigenvalue weighted by Gasteiger charge is -2.30. The molecule has 0 saturated heterocycles. The first kappa shape index (κ1) is 13.6. The molecular formula is C15H27N3. The fourth-order valence-electron chi connectivity index (χ4n) is 3.25. The summed E-state index contributed by atoms with van der Waals surface area (Å²) in [5.41, 5.74) is 2.40. The zero-order chi connectivity index (χ0) is 13.0. The second-order valence-electron chi connectivity index (χ2n) is 5.69. The Labute approximate surface area is 111 Å². The third-order valence-electron chi connectivity index (χ3n) is 4.30. The van der Waals surface area contributed by atoms with E-state index < -0.39 is 0 Å². The average Bonchev–Trinajstić information content (AvgIpc) is 2.70. The number of hydrogen-bond acceptors (Lipinski definition) is 2. The molecule has 1 aromatic heterocycles. The van der Waals surface area contributed by atoms with Crippen molar-refractivity contribution in [1.29, 1.82) is 0 Å². The number of nitrogens with zero attached hydrogens (tertiary/aromatic N) is 2. The minimum absolute atomic E-state index is 0.681. The van der Waals surface area contributed by atoms with E-state index in [0.29, 0.717) is 6.04 Å². The standard InChI is InChI=1S/C15H27N3/c1-4-15(13-8-6-5-7-9-13)16-11-14-10-12(2)17-18(14)3/h10,13,15-16H,4-9,11H2,1-3H3. The van der Waals surface area contributed by atoms with Crippen molar-refractivity contribution in [3.05, 3.63) is 17.5 Å². The molecule has 0 aromatic carbocycles. The van der Waals surface area contributed by atoms with Crippen LogP contribution in [-0.4, -0.2) is 15.8 Å². The second-order valence-corrected chi connectivity index (χ2v) is 5.69. The second kappa shape index (κ2) is 6.37. The predicted molar refractivity (Wildman–Crippen MR) is 75.4 cm³/mol. The van der Waals surface area contributed by atoms with Gasteiger partial charge in [-0.1, -0.05) is 26.2 Å². The van der Waals surface area contributed by atoms with Gasteiger partial charge in [0.15, 0.2) is 0 Å². The fourth-order valence-corrected chi connectivity index (χ4v) is 3.25. The summed E-state index contributed by atoms with van der Waals surface area (Å²) in [6.07, 6.45) is 8.35. The van der Waals surface area contributed by atoms with Crippen LogP contribution in [0.2, 0.25) is 0 Å². The summed E-state index contributed by atoms with van der Waals surface area (Å²) in [6.45, 7) is 5.31. The van der Waals surface area contributed by atoms with Gasteiger partial charge in [-0.05, 0) is 38.2 Å². The molecule has 1 aliphatic rings. The van der Waals surface area contributed by atoms with E-state index in [1.165, 1.54) is 44.2 Å². The van der Waals surface area contributed by atoms with E-state index in [2.05, 4.69) is 30.3 Å². The van der Waals surface area contributed by atoms with E-state index in [0.717, 1.165) is 18.2 Å². The van der Waals surface area contributed by atoms with Crippen molar-refractivity contribution in [1.82, 2.24) is 15.1 Å². The largest absolute Gasteiger partial charge is 0.308 e. The maximum Gasteiger partial charge on any atom is 0.0597 e. The lowest BCUT2D eigenvalue weighted by atomic mass is 9.83. The lowest BCUT2D eigenvalue weighted by Crippen LogP contribution is -2.36. The molecule has 3 heteroatoms. The van der Waals surface area contributed by atoms with E-state index in [-0.39, 0.29) is 0 Å². The number of hydrogen-bond donors (Lipinski definition) is 1. The maximum atomic E-state index is 4.40. The van der Waals surface area contributed by atoms with Crippen LogP contribution < -0.4 is 5.32 Å². The summed E-state index contributed by atoms with van der Waals surface area (Å²) < 4.78 is 2.00. The maximum absolute atomic E-state index is 4.40. The lowest BCUT2D eigenvalue weighted by molar-refractivity contribution is 0.260. The fraction of sp³-hybridized carbons (Fsp3) is 0.800. The van der Waals surface area contributed by atoms with Gasteiger partial charge in [0.2, 0.25) is 0 Å². The van der Waals surface area contributed by atoms with Gasteiger partial charge in [-0.2, -0.15) is 5.10 Å². The zero-order valence-electron chi connectivity index (χ0n) is 12.1. The van der Waals surface area contributed by atoms with Gasteiger partial charge in [-0.25, -0.2) is 0 Å². The smallest absolute Gasteiger partial charge is 0.0597 e. The van der Waals surface area contributed by atoms with Gasteiger partial charge in [-0.3, -0.25) is 4.68 Å². The van der Waals surface area contributed by atoms with E-state index in [9.17, 15) is 0 Å². The third kappa shape index (κ3) is 3.35. The van der Waals surface area contributed by atoms with Gasteiger partial charge < -0.3 is 5.32 Å². The van der Waals surface area contributed by atoms with Gasteiger partial charge in [-0.15, -0.1) is 0 Å².